The van der Waals surface area contributed by atoms with Crippen molar-refractivity contribution in [2.45, 2.75) is 25.9 Å². The van der Waals surface area contributed by atoms with Crippen LogP contribution in [0.25, 0.3) is 0 Å². The van der Waals surface area contributed by atoms with Crippen molar-refractivity contribution in [3.63, 3.8) is 0 Å². The number of piperazine rings is 1. The smallest absolute Gasteiger partial charge is 0.242 e. The molecule has 0 spiro atoms. The summed E-state index contributed by atoms with van der Waals surface area (Å²) in [4.78, 5) is 16.7. The summed E-state index contributed by atoms with van der Waals surface area (Å²) in [6, 6.07) is 2.17. The number of amides is 1. The van der Waals surface area contributed by atoms with Gasteiger partial charge in [0.1, 0.15) is 0 Å². The normalized spacial score (nSPS) is 17.7. The van der Waals surface area contributed by atoms with Gasteiger partial charge in [-0.25, -0.2) is 0 Å². The molecule has 0 aliphatic carbocycles. The van der Waals surface area contributed by atoms with Crippen molar-refractivity contribution in [1.82, 2.24) is 15.1 Å². The maximum absolute atomic E-state index is 12.3. The number of hydrogen-bond donors (Lipinski definition) is 1. The Morgan fingerprint density at radius 1 is 1.37 bits per heavy atom. The maximum atomic E-state index is 12.3. The van der Waals surface area contributed by atoms with Gasteiger partial charge in [0.2, 0.25) is 5.91 Å². The Labute approximate surface area is 119 Å². The first-order valence-electron chi connectivity index (χ1n) is 6.74. The molecule has 1 aromatic rings. The van der Waals surface area contributed by atoms with Gasteiger partial charge in [-0.05, 0) is 43.3 Å². The standard InChI is InChI=1S/C14H23N3OS/c1-14(2,15-3)13(18)17-7-5-16(6-8-17)10-12-4-9-19-11-12/h4,9,11,15H,5-8,10H2,1-3H3. The molecule has 1 saturated heterocycles. The Morgan fingerprint density at radius 3 is 2.58 bits per heavy atom. The topological polar surface area (TPSA) is 35.6 Å². The minimum absolute atomic E-state index is 0.199. The monoisotopic (exact) mass is 281 g/mol. The summed E-state index contributed by atoms with van der Waals surface area (Å²) < 4.78 is 0. The van der Waals surface area contributed by atoms with Crippen molar-refractivity contribution >= 4 is 17.2 Å². The molecule has 0 bridgehead atoms. The van der Waals surface area contributed by atoms with Gasteiger partial charge in [-0.15, -0.1) is 0 Å². The van der Waals surface area contributed by atoms with Crippen molar-refractivity contribution in [2.75, 3.05) is 33.2 Å². The van der Waals surface area contributed by atoms with Crippen LogP contribution in [0.4, 0.5) is 0 Å². The maximum Gasteiger partial charge on any atom is 0.242 e. The van der Waals surface area contributed by atoms with Crippen LogP contribution in [0.2, 0.25) is 0 Å². The molecular weight excluding hydrogens is 258 g/mol. The number of likely N-dealkylation sites (N-methyl/N-ethyl adjacent to an activating group) is 1. The predicted molar refractivity (Wildman–Crippen MR) is 79.3 cm³/mol. The summed E-state index contributed by atoms with van der Waals surface area (Å²) in [5.41, 5.74) is 0.913. The molecule has 0 radical (unpaired) electrons. The van der Waals surface area contributed by atoms with Crippen molar-refractivity contribution in [1.29, 1.82) is 0 Å². The van der Waals surface area contributed by atoms with Gasteiger partial charge < -0.3 is 10.2 Å². The molecule has 1 aliphatic rings. The average Bonchev–Trinajstić information content (AvgIpc) is 2.91. The first kappa shape index (κ1) is 14.5. The molecule has 0 unspecified atom stereocenters. The Balaban J connectivity index is 1.84. The van der Waals surface area contributed by atoms with E-state index in [4.69, 9.17) is 0 Å². The van der Waals surface area contributed by atoms with Crippen molar-refractivity contribution < 1.29 is 4.79 Å². The second-order valence-electron chi connectivity index (χ2n) is 5.57. The highest BCUT2D eigenvalue weighted by Gasteiger charge is 2.32. The Morgan fingerprint density at radius 2 is 2.05 bits per heavy atom. The fourth-order valence-electron chi connectivity index (χ4n) is 2.25. The zero-order valence-corrected chi connectivity index (χ0v) is 12.8. The van der Waals surface area contributed by atoms with E-state index in [2.05, 4.69) is 27.0 Å². The molecule has 2 heterocycles. The highest BCUT2D eigenvalue weighted by atomic mass is 32.1. The highest BCUT2D eigenvalue weighted by Crippen LogP contribution is 2.14. The minimum Gasteiger partial charge on any atom is -0.339 e. The Kier molecular flexibility index (Phi) is 4.60. The van der Waals surface area contributed by atoms with Crippen LogP contribution >= 0.6 is 11.3 Å². The second-order valence-corrected chi connectivity index (χ2v) is 6.35. The average molecular weight is 281 g/mol. The van der Waals surface area contributed by atoms with E-state index in [0.29, 0.717) is 0 Å². The lowest BCUT2D eigenvalue weighted by Gasteiger charge is -2.38. The highest BCUT2D eigenvalue weighted by molar-refractivity contribution is 7.07. The summed E-state index contributed by atoms with van der Waals surface area (Å²) in [6.07, 6.45) is 0. The summed E-state index contributed by atoms with van der Waals surface area (Å²) in [7, 11) is 1.84. The summed E-state index contributed by atoms with van der Waals surface area (Å²) in [5.74, 6) is 0.199. The number of carbonyl (C=O) groups is 1. The van der Waals surface area contributed by atoms with Gasteiger partial charge in [-0.3, -0.25) is 9.69 Å². The second kappa shape index (κ2) is 6.03. The van der Waals surface area contributed by atoms with Crippen LogP contribution in [0.3, 0.4) is 0 Å². The van der Waals surface area contributed by atoms with Gasteiger partial charge >= 0.3 is 0 Å². The molecule has 0 saturated carbocycles. The first-order valence-corrected chi connectivity index (χ1v) is 7.69. The molecule has 4 nitrogen and oxygen atoms in total. The van der Waals surface area contributed by atoms with Crippen LogP contribution in [-0.2, 0) is 11.3 Å². The first-order chi connectivity index (χ1) is 9.03. The van der Waals surface area contributed by atoms with Crippen molar-refractivity contribution in [3.05, 3.63) is 22.4 Å². The molecule has 2 rings (SSSR count). The third-order valence-corrected chi connectivity index (χ3v) is 4.54. The van der Waals surface area contributed by atoms with Crippen LogP contribution in [0.15, 0.2) is 16.8 Å². The van der Waals surface area contributed by atoms with Crippen LogP contribution in [0, 0.1) is 0 Å². The van der Waals surface area contributed by atoms with Crippen LogP contribution < -0.4 is 5.32 Å². The van der Waals surface area contributed by atoms with Gasteiger partial charge in [0.05, 0.1) is 5.54 Å². The predicted octanol–water partition coefficient (Wildman–Crippen LogP) is 1.39. The van der Waals surface area contributed by atoms with E-state index in [1.165, 1.54) is 5.56 Å². The molecule has 19 heavy (non-hydrogen) atoms. The minimum atomic E-state index is -0.463. The van der Waals surface area contributed by atoms with E-state index in [1.54, 1.807) is 11.3 Å². The van der Waals surface area contributed by atoms with E-state index in [1.807, 2.05) is 25.8 Å². The number of rotatable bonds is 4. The van der Waals surface area contributed by atoms with Gasteiger partial charge in [0.15, 0.2) is 0 Å². The quantitative estimate of drug-likeness (QED) is 0.906. The lowest BCUT2D eigenvalue weighted by Crippen LogP contribution is -2.57. The molecular formula is C14H23N3OS. The van der Waals surface area contributed by atoms with Crippen LogP contribution in [0.1, 0.15) is 19.4 Å². The fourth-order valence-corrected chi connectivity index (χ4v) is 2.91. The molecule has 1 aromatic heterocycles. The zero-order valence-electron chi connectivity index (χ0n) is 12.0. The van der Waals surface area contributed by atoms with Crippen LogP contribution in [0.5, 0.6) is 0 Å². The van der Waals surface area contributed by atoms with Crippen LogP contribution in [-0.4, -0.2) is 54.5 Å². The molecule has 1 N–H and O–H groups in total. The summed E-state index contributed by atoms with van der Waals surface area (Å²) >= 11 is 1.74. The Bertz CT molecular complexity index is 408. The Hall–Kier alpha value is -0.910. The molecule has 1 aliphatic heterocycles. The molecule has 0 atom stereocenters. The molecule has 1 amide bonds. The van der Waals surface area contributed by atoms with Gasteiger partial charge in [-0.1, -0.05) is 0 Å². The van der Waals surface area contributed by atoms with E-state index in [-0.39, 0.29) is 5.91 Å². The fraction of sp³-hybridized carbons (Fsp3) is 0.643. The van der Waals surface area contributed by atoms with Crippen molar-refractivity contribution in [3.8, 4) is 0 Å². The molecule has 1 fully saturated rings. The number of nitrogens with one attached hydrogen (secondary N) is 1. The van der Waals surface area contributed by atoms with E-state index in [9.17, 15) is 4.79 Å². The molecule has 106 valence electrons. The third-order valence-electron chi connectivity index (χ3n) is 3.81. The number of nitrogens with zero attached hydrogens (tertiary/aromatic N) is 2. The van der Waals surface area contributed by atoms with Gasteiger partial charge in [-0.2, -0.15) is 11.3 Å². The number of thiophene rings is 1. The summed E-state index contributed by atoms with van der Waals surface area (Å²) in [6.45, 7) is 8.45. The lowest BCUT2D eigenvalue weighted by atomic mass is 10.0. The van der Waals surface area contributed by atoms with E-state index < -0.39 is 5.54 Å². The van der Waals surface area contributed by atoms with Crippen molar-refractivity contribution in [2.24, 2.45) is 0 Å². The van der Waals surface area contributed by atoms with E-state index in [0.717, 1.165) is 32.7 Å². The van der Waals surface area contributed by atoms with Gasteiger partial charge in [0, 0.05) is 32.7 Å². The van der Waals surface area contributed by atoms with Gasteiger partial charge in [0.25, 0.3) is 0 Å². The largest absolute Gasteiger partial charge is 0.339 e. The zero-order chi connectivity index (χ0) is 13.9. The third kappa shape index (κ3) is 3.55. The van der Waals surface area contributed by atoms with E-state index >= 15 is 0 Å². The lowest BCUT2D eigenvalue weighted by molar-refractivity contribution is -0.138. The molecule has 0 aromatic carbocycles. The number of carbonyl (C=O) groups excluding carboxylic acids is 1. The number of hydrogen-bond acceptors (Lipinski definition) is 4. The SMILES string of the molecule is CNC(C)(C)C(=O)N1CCN(Cc2ccsc2)CC1. The molecule has 5 heteroatoms. The summed E-state index contributed by atoms with van der Waals surface area (Å²) in [5, 5.41) is 7.39.